The third-order valence-corrected chi connectivity index (χ3v) is 3.07. The van der Waals surface area contributed by atoms with Crippen LogP contribution in [0.15, 0.2) is 16.6 Å². The number of aliphatic carboxylic acids is 1. The van der Waals surface area contributed by atoms with Crippen LogP contribution in [0, 0.1) is 0 Å². The van der Waals surface area contributed by atoms with Crippen LogP contribution in [-0.2, 0) is 4.79 Å². The van der Waals surface area contributed by atoms with Crippen molar-refractivity contribution >= 4 is 27.8 Å². The molecule has 0 bridgehead atoms. The normalized spacial score (nSPS) is 10.0. The summed E-state index contributed by atoms with van der Waals surface area (Å²) in [4.78, 5) is 23.9. The summed E-state index contributed by atoms with van der Waals surface area (Å²) >= 11 is 3.32. The van der Waals surface area contributed by atoms with Gasteiger partial charge in [0.2, 0.25) is 0 Å². The summed E-state index contributed by atoms with van der Waals surface area (Å²) in [6.45, 7) is 1.93. The van der Waals surface area contributed by atoms with Gasteiger partial charge in [0.15, 0.2) is 11.5 Å². The monoisotopic (exact) mass is 345 g/mol. The van der Waals surface area contributed by atoms with Crippen LogP contribution in [0.1, 0.15) is 17.3 Å². The highest BCUT2D eigenvalue weighted by Gasteiger charge is 2.19. The lowest BCUT2D eigenvalue weighted by Crippen LogP contribution is -2.31. The molecule has 0 radical (unpaired) electrons. The van der Waals surface area contributed by atoms with Crippen LogP contribution >= 0.6 is 15.9 Å². The van der Waals surface area contributed by atoms with Gasteiger partial charge in [-0.05, 0) is 35.0 Å². The van der Waals surface area contributed by atoms with Crippen molar-refractivity contribution in [1.82, 2.24) is 4.90 Å². The van der Waals surface area contributed by atoms with Crippen molar-refractivity contribution in [2.45, 2.75) is 6.92 Å². The van der Waals surface area contributed by atoms with Crippen molar-refractivity contribution < 1.29 is 24.2 Å². The van der Waals surface area contributed by atoms with Gasteiger partial charge in [-0.25, -0.2) is 0 Å². The second-order valence-electron chi connectivity index (χ2n) is 3.98. The molecular weight excluding hydrogens is 330 g/mol. The molecule has 1 amide bonds. The van der Waals surface area contributed by atoms with E-state index in [4.69, 9.17) is 14.6 Å². The molecule has 0 spiro atoms. The molecule has 0 heterocycles. The molecule has 7 heteroatoms. The van der Waals surface area contributed by atoms with Gasteiger partial charge in [-0.15, -0.1) is 0 Å². The van der Waals surface area contributed by atoms with Gasteiger partial charge in [-0.2, -0.15) is 0 Å². The van der Waals surface area contributed by atoms with Gasteiger partial charge >= 0.3 is 5.97 Å². The first kappa shape index (κ1) is 16.3. The van der Waals surface area contributed by atoms with Gasteiger partial charge in [-0.3, -0.25) is 9.59 Å². The minimum atomic E-state index is -1.07. The summed E-state index contributed by atoms with van der Waals surface area (Å²) in [7, 11) is 2.90. The number of carboxylic acids is 1. The van der Waals surface area contributed by atoms with Gasteiger partial charge < -0.3 is 19.5 Å². The Morgan fingerprint density at radius 3 is 2.55 bits per heavy atom. The highest BCUT2D eigenvalue weighted by atomic mass is 79.9. The number of nitrogens with zero attached hydrogens (tertiary/aromatic N) is 1. The molecule has 0 aliphatic carbocycles. The Kier molecular flexibility index (Phi) is 5.82. The Bertz CT molecular complexity index is 518. The van der Waals surface area contributed by atoms with E-state index in [-0.39, 0.29) is 6.54 Å². The smallest absolute Gasteiger partial charge is 0.323 e. The second kappa shape index (κ2) is 7.14. The Morgan fingerprint density at radius 1 is 1.40 bits per heavy atom. The first-order valence-corrected chi connectivity index (χ1v) is 6.67. The molecule has 0 saturated carbocycles. The topological polar surface area (TPSA) is 76.1 Å². The van der Waals surface area contributed by atoms with E-state index in [1.807, 2.05) is 6.92 Å². The lowest BCUT2D eigenvalue weighted by atomic mass is 10.1. The van der Waals surface area contributed by atoms with Crippen molar-refractivity contribution in [1.29, 1.82) is 0 Å². The lowest BCUT2D eigenvalue weighted by Gasteiger charge is -2.17. The van der Waals surface area contributed by atoms with E-state index in [1.54, 1.807) is 6.07 Å². The highest BCUT2D eigenvalue weighted by molar-refractivity contribution is 9.10. The van der Waals surface area contributed by atoms with E-state index in [1.165, 1.54) is 20.2 Å². The zero-order valence-electron chi connectivity index (χ0n) is 11.5. The molecule has 1 aromatic carbocycles. The first-order chi connectivity index (χ1) is 9.40. The van der Waals surface area contributed by atoms with Crippen LogP contribution in [0.4, 0.5) is 0 Å². The standard InChI is InChI=1S/C13H16BrNO5/c1-4-20-12-9(14)5-8(6-10(12)19-3)13(18)15(2)7-11(16)17/h5-6H,4,7H2,1-3H3,(H,16,17). The van der Waals surface area contributed by atoms with Crippen molar-refractivity contribution in [3.05, 3.63) is 22.2 Å². The molecule has 0 aliphatic rings. The number of ether oxygens (including phenoxy) is 2. The van der Waals surface area contributed by atoms with Gasteiger partial charge in [-0.1, -0.05) is 0 Å². The molecular formula is C13H16BrNO5. The molecule has 0 fully saturated rings. The van der Waals surface area contributed by atoms with Crippen molar-refractivity contribution in [2.75, 3.05) is 27.3 Å². The number of carboxylic acid groups (broad SMARTS) is 1. The highest BCUT2D eigenvalue weighted by Crippen LogP contribution is 2.36. The third-order valence-electron chi connectivity index (χ3n) is 2.48. The minimum Gasteiger partial charge on any atom is -0.493 e. The van der Waals surface area contributed by atoms with E-state index >= 15 is 0 Å². The fourth-order valence-electron chi connectivity index (χ4n) is 1.62. The lowest BCUT2D eigenvalue weighted by molar-refractivity contribution is -0.137. The maximum absolute atomic E-state index is 12.1. The molecule has 0 unspecified atom stereocenters. The third kappa shape index (κ3) is 3.86. The van der Waals surface area contributed by atoms with Gasteiger partial charge in [0.1, 0.15) is 6.54 Å². The summed E-state index contributed by atoms with van der Waals surface area (Å²) in [5.74, 6) is -0.562. The average molecular weight is 346 g/mol. The summed E-state index contributed by atoms with van der Waals surface area (Å²) in [5, 5.41) is 8.70. The SMILES string of the molecule is CCOc1c(Br)cc(C(=O)N(C)CC(=O)O)cc1OC. The number of carbonyl (C=O) groups excluding carboxylic acids is 1. The summed E-state index contributed by atoms with van der Waals surface area (Å²) in [6.07, 6.45) is 0. The molecule has 110 valence electrons. The fourth-order valence-corrected chi connectivity index (χ4v) is 2.18. The van der Waals surface area contributed by atoms with E-state index in [0.29, 0.717) is 28.1 Å². The predicted molar refractivity (Wildman–Crippen MR) is 76.5 cm³/mol. The van der Waals surface area contributed by atoms with Crippen LogP contribution in [0.25, 0.3) is 0 Å². The van der Waals surface area contributed by atoms with Crippen LogP contribution < -0.4 is 9.47 Å². The quantitative estimate of drug-likeness (QED) is 0.853. The number of methoxy groups -OCH3 is 1. The molecule has 20 heavy (non-hydrogen) atoms. The largest absolute Gasteiger partial charge is 0.493 e. The van der Waals surface area contributed by atoms with Crippen LogP contribution in [0.2, 0.25) is 0 Å². The molecule has 0 atom stereocenters. The number of hydrogen-bond donors (Lipinski definition) is 1. The van der Waals surface area contributed by atoms with Crippen molar-refractivity contribution in [3.8, 4) is 11.5 Å². The molecule has 0 saturated heterocycles. The first-order valence-electron chi connectivity index (χ1n) is 5.88. The number of benzene rings is 1. The van der Waals surface area contributed by atoms with Crippen LogP contribution in [-0.4, -0.2) is 49.2 Å². The number of rotatable bonds is 6. The van der Waals surface area contributed by atoms with Crippen molar-refractivity contribution in [3.63, 3.8) is 0 Å². The zero-order valence-corrected chi connectivity index (χ0v) is 13.1. The second-order valence-corrected chi connectivity index (χ2v) is 4.83. The predicted octanol–water partition coefficient (Wildman–Crippen LogP) is 2.01. The number of hydrogen-bond acceptors (Lipinski definition) is 4. The van der Waals surface area contributed by atoms with E-state index < -0.39 is 11.9 Å². The number of likely N-dealkylation sites (N-methyl/N-ethyl adjacent to an activating group) is 1. The number of amides is 1. The summed E-state index contributed by atoms with van der Waals surface area (Å²) < 4.78 is 11.2. The Balaban J connectivity index is 3.11. The Labute approximate surface area is 125 Å². The maximum Gasteiger partial charge on any atom is 0.323 e. The average Bonchev–Trinajstić information content (AvgIpc) is 2.39. The number of carbonyl (C=O) groups is 2. The van der Waals surface area contributed by atoms with E-state index in [0.717, 1.165) is 4.90 Å². The Morgan fingerprint density at radius 2 is 2.05 bits per heavy atom. The molecule has 0 aromatic heterocycles. The summed E-state index contributed by atoms with van der Waals surface area (Å²) in [5.41, 5.74) is 0.320. The van der Waals surface area contributed by atoms with Crippen molar-refractivity contribution in [2.24, 2.45) is 0 Å². The van der Waals surface area contributed by atoms with Crippen LogP contribution in [0.5, 0.6) is 11.5 Å². The minimum absolute atomic E-state index is 0.320. The molecule has 6 nitrogen and oxygen atoms in total. The molecule has 1 N–H and O–H groups in total. The van der Waals surface area contributed by atoms with Gasteiger partial charge in [0.25, 0.3) is 5.91 Å². The van der Waals surface area contributed by atoms with E-state index in [2.05, 4.69) is 15.9 Å². The molecule has 0 aliphatic heterocycles. The van der Waals surface area contributed by atoms with E-state index in [9.17, 15) is 9.59 Å². The Hall–Kier alpha value is -1.76. The van der Waals surface area contributed by atoms with Crippen LogP contribution in [0.3, 0.4) is 0 Å². The summed E-state index contributed by atoms with van der Waals surface area (Å²) in [6, 6.07) is 3.10. The zero-order chi connectivity index (χ0) is 15.3. The maximum atomic E-state index is 12.1. The molecule has 1 aromatic rings. The van der Waals surface area contributed by atoms with Gasteiger partial charge in [0, 0.05) is 12.6 Å². The fraction of sp³-hybridized carbons (Fsp3) is 0.385. The number of halogens is 1. The molecule has 1 rings (SSSR count). The van der Waals surface area contributed by atoms with Gasteiger partial charge in [0.05, 0.1) is 18.2 Å².